The van der Waals surface area contributed by atoms with E-state index in [1.165, 1.54) is 6.92 Å². The van der Waals surface area contributed by atoms with E-state index in [1.807, 2.05) is 17.5 Å². The Kier molecular flexibility index (Phi) is 4.05. The summed E-state index contributed by atoms with van der Waals surface area (Å²) in [7, 11) is 0. The minimum absolute atomic E-state index is 0.0847. The van der Waals surface area contributed by atoms with E-state index in [1.54, 1.807) is 17.4 Å². The number of carbonyl (C=O) groups excluding carboxylic acids is 1. The fraction of sp³-hybridized carbons (Fsp3) is 0.154. The molecule has 0 unspecified atom stereocenters. The van der Waals surface area contributed by atoms with E-state index in [0.717, 1.165) is 39.0 Å². The Labute approximate surface area is 134 Å². The van der Waals surface area contributed by atoms with Gasteiger partial charge in [0.2, 0.25) is 5.91 Å². The zero-order valence-electron chi connectivity index (χ0n) is 11.0. The van der Waals surface area contributed by atoms with Crippen molar-refractivity contribution in [1.82, 2.24) is 8.75 Å². The van der Waals surface area contributed by atoms with Gasteiger partial charge in [-0.2, -0.15) is 8.75 Å². The molecule has 0 fully saturated rings. The monoisotopic (exact) mass is 338 g/mol. The summed E-state index contributed by atoms with van der Waals surface area (Å²) in [5.41, 5.74) is 3.18. The van der Waals surface area contributed by atoms with Crippen LogP contribution in [0.1, 0.15) is 11.8 Å². The Morgan fingerprint density at radius 2 is 2.19 bits per heavy atom. The highest BCUT2D eigenvalue weighted by atomic mass is 35.5. The fourth-order valence-electron chi connectivity index (χ4n) is 1.94. The molecule has 0 saturated heterocycles. The van der Waals surface area contributed by atoms with Crippen LogP contribution in [0.15, 0.2) is 23.6 Å². The van der Waals surface area contributed by atoms with Gasteiger partial charge in [-0.1, -0.05) is 11.6 Å². The summed E-state index contributed by atoms with van der Waals surface area (Å²) in [4.78, 5) is 12.2. The molecule has 0 aliphatic heterocycles. The van der Waals surface area contributed by atoms with Crippen molar-refractivity contribution in [2.75, 3.05) is 10.6 Å². The molecule has 0 radical (unpaired) electrons. The normalized spacial score (nSPS) is 10.8. The molecule has 1 amide bonds. The third-order valence-corrected chi connectivity index (χ3v) is 4.64. The number of hydrogen-bond acceptors (Lipinski definition) is 6. The Bertz CT molecular complexity index is 798. The zero-order chi connectivity index (χ0) is 14.8. The van der Waals surface area contributed by atoms with Crippen molar-refractivity contribution >= 4 is 63.0 Å². The molecule has 21 heavy (non-hydrogen) atoms. The topological polar surface area (TPSA) is 66.9 Å². The maximum absolute atomic E-state index is 11.2. The average molecular weight is 339 g/mol. The van der Waals surface area contributed by atoms with Crippen LogP contribution in [0, 0.1) is 0 Å². The van der Waals surface area contributed by atoms with E-state index >= 15 is 0 Å². The Morgan fingerprint density at radius 3 is 3.00 bits per heavy atom. The van der Waals surface area contributed by atoms with Crippen molar-refractivity contribution in [3.63, 3.8) is 0 Å². The minimum atomic E-state index is -0.0847. The lowest BCUT2D eigenvalue weighted by molar-refractivity contribution is -0.114. The van der Waals surface area contributed by atoms with Crippen molar-refractivity contribution in [3.8, 4) is 0 Å². The highest BCUT2D eigenvalue weighted by molar-refractivity contribution is 7.10. The molecule has 5 nitrogen and oxygen atoms in total. The summed E-state index contributed by atoms with van der Waals surface area (Å²) in [6.45, 7) is 2.05. The number of halogens is 1. The van der Waals surface area contributed by atoms with E-state index in [9.17, 15) is 4.79 Å². The lowest BCUT2D eigenvalue weighted by Crippen LogP contribution is -2.08. The Morgan fingerprint density at radius 1 is 1.33 bits per heavy atom. The third kappa shape index (κ3) is 2.99. The van der Waals surface area contributed by atoms with E-state index in [0.29, 0.717) is 11.6 Å². The maximum atomic E-state index is 11.2. The Hall–Kier alpha value is -1.70. The molecule has 0 saturated carbocycles. The number of hydrogen-bond donors (Lipinski definition) is 2. The quantitative estimate of drug-likeness (QED) is 0.755. The molecule has 3 aromatic rings. The minimum Gasteiger partial charge on any atom is -0.377 e. The first kappa shape index (κ1) is 14.2. The first-order chi connectivity index (χ1) is 10.1. The van der Waals surface area contributed by atoms with Gasteiger partial charge in [0.25, 0.3) is 0 Å². The van der Waals surface area contributed by atoms with E-state index in [-0.39, 0.29) is 5.91 Å². The number of fused-ring (bicyclic) bond motifs is 1. The largest absolute Gasteiger partial charge is 0.377 e. The van der Waals surface area contributed by atoms with E-state index in [4.69, 9.17) is 11.6 Å². The molecular formula is C13H11ClN4OS2. The molecule has 0 spiro atoms. The van der Waals surface area contributed by atoms with Crippen LogP contribution in [-0.2, 0) is 11.3 Å². The molecule has 0 aliphatic rings. The van der Waals surface area contributed by atoms with Gasteiger partial charge in [-0.3, -0.25) is 4.79 Å². The fourth-order valence-corrected chi connectivity index (χ4v) is 3.47. The van der Waals surface area contributed by atoms with Gasteiger partial charge in [-0.05, 0) is 23.6 Å². The molecule has 2 aromatic heterocycles. The number of nitrogens with zero attached hydrogens (tertiary/aromatic N) is 2. The van der Waals surface area contributed by atoms with Gasteiger partial charge in [0.1, 0.15) is 11.0 Å². The number of benzene rings is 1. The molecule has 3 rings (SSSR count). The predicted octanol–water partition coefficient (Wildman–Crippen LogP) is 3.98. The summed E-state index contributed by atoms with van der Waals surface area (Å²) < 4.78 is 8.47. The van der Waals surface area contributed by atoms with E-state index < -0.39 is 0 Å². The molecular weight excluding hydrogens is 328 g/mol. The molecule has 0 atom stereocenters. The van der Waals surface area contributed by atoms with Gasteiger partial charge in [0.05, 0.1) is 34.7 Å². The van der Waals surface area contributed by atoms with Gasteiger partial charge in [0, 0.05) is 11.8 Å². The lowest BCUT2D eigenvalue weighted by Gasteiger charge is -2.09. The van der Waals surface area contributed by atoms with Crippen LogP contribution in [0.3, 0.4) is 0 Å². The summed E-state index contributed by atoms with van der Waals surface area (Å²) in [5.74, 6) is -0.0847. The smallest absolute Gasteiger partial charge is 0.221 e. The molecule has 2 N–H and O–H groups in total. The summed E-state index contributed by atoms with van der Waals surface area (Å²) in [6.07, 6.45) is 0. The van der Waals surface area contributed by atoms with Crippen LogP contribution in [0.2, 0.25) is 5.02 Å². The van der Waals surface area contributed by atoms with Gasteiger partial charge >= 0.3 is 0 Å². The van der Waals surface area contributed by atoms with Crippen molar-refractivity contribution in [2.45, 2.75) is 13.5 Å². The first-order valence-electron chi connectivity index (χ1n) is 6.14. The van der Waals surface area contributed by atoms with Gasteiger partial charge in [-0.25, -0.2) is 0 Å². The zero-order valence-corrected chi connectivity index (χ0v) is 13.4. The van der Waals surface area contributed by atoms with Crippen LogP contribution in [-0.4, -0.2) is 14.7 Å². The summed E-state index contributed by atoms with van der Waals surface area (Å²) in [6, 6.07) is 5.53. The third-order valence-electron chi connectivity index (χ3n) is 2.86. The van der Waals surface area contributed by atoms with Crippen LogP contribution in [0.5, 0.6) is 0 Å². The van der Waals surface area contributed by atoms with Crippen LogP contribution in [0.4, 0.5) is 11.4 Å². The molecule has 0 bridgehead atoms. The number of anilines is 2. The van der Waals surface area contributed by atoms with Crippen molar-refractivity contribution in [1.29, 1.82) is 0 Å². The molecule has 8 heteroatoms. The second kappa shape index (κ2) is 5.97. The van der Waals surface area contributed by atoms with Gasteiger partial charge in [0.15, 0.2) is 0 Å². The number of thiophene rings is 1. The number of aromatic nitrogens is 2. The maximum Gasteiger partial charge on any atom is 0.221 e. The van der Waals surface area contributed by atoms with Crippen molar-refractivity contribution in [3.05, 3.63) is 33.5 Å². The highest BCUT2D eigenvalue weighted by Crippen LogP contribution is 2.31. The standard InChI is InChI=1S/C13H11ClN4OS2/c1-7(19)16-9-4-5-20-11(9)6-15-12-8(14)2-3-10-13(12)18-21-17-10/h2-5,15H,6H2,1H3,(H,16,19). The second-order valence-electron chi connectivity index (χ2n) is 4.35. The molecule has 0 aliphatic carbocycles. The van der Waals surface area contributed by atoms with Crippen LogP contribution in [0.25, 0.3) is 11.0 Å². The summed E-state index contributed by atoms with van der Waals surface area (Å²) in [5, 5.41) is 8.64. The number of nitrogens with one attached hydrogen (secondary N) is 2. The van der Waals surface area contributed by atoms with Crippen molar-refractivity contribution < 1.29 is 4.79 Å². The van der Waals surface area contributed by atoms with Gasteiger partial charge < -0.3 is 10.6 Å². The lowest BCUT2D eigenvalue weighted by atomic mass is 10.2. The van der Waals surface area contributed by atoms with E-state index in [2.05, 4.69) is 19.4 Å². The average Bonchev–Trinajstić information content (AvgIpc) is 3.06. The van der Waals surface area contributed by atoms with Crippen molar-refractivity contribution in [2.24, 2.45) is 0 Å². The predicted molar refractivity (Wildman–Crippen MR) is 88.4 cm³/mol. The summed E-state index contributed by atoms with van der Waals surface area (Å²) >= 11 is 8.96. The second-order valence-corrected chi connectivity index (χ2v) is 6.28. The molecule has 108 valence electrons. The molecule has 2 heterocycles. The highest BCUT2D eigenvalue weighted by Gasteiger charge is 2.11. The van der Waals surface area contributed by atoms with Gasteiger partial charge in [-0.15, -0.1) is 11.3 Å². The van der Waals surface area contributed by atoms with Crippen LogP contribution < -0.4 is 10.6 Å². The number of carbonyl (C=O) groups is 1. The SMILES string of the molecule is CC(=O)Nc1ccsc1CNc1c(Cl)ccc2nsnc12. The first-order valence-corrected chi connectivity index (χ1v) is 8.12. The molecule has 1 aromatic carbocycles. The number of rotatable bonds is 4. The van der Waals surface area contributed by atoms with Crippen LogP contribution >= 0.6 is 34.7 Å². The number of amides is 1. The Balaban J connectivity index is 1.84.